The molecule has 1 aliphatic heterocycles. The Balaban J connectivity index is 1.86. The van der Waals surface area contributed by atoms with Gasteiger partial charge in [0.05, 0.1) is 29.5 Å². The molecule has 3 heterocycles. The lowest BCUT2D eigenvalue weighted by atomic mass is 9.90. The highest BCUT2D eigenvalue weighted by Crippen LogP contribution is 2.40. The summed E-state index contributed by atoms with van der Waals surface area (Å²) in [4.78, 5) is 32.1. The molecule has 0 bridgehead atoms. The maximum absolute atomic E-state index is 13.8. The van der Waals surface area contributed by atoms with Gasteiger partial charge in [-0.2, -0.15) is 0 Å². The van der Waals surface area contributed by atoms with E-state index in [4.69, 9.17) is 13.9 Å². The first-order valence-electron chi connectivity index (χ1n) is 10.9. The third-order valence-corrected chi connectivity index (χ3v) is 7.22. The molecular weight excluding hydrogens is 532 g/mol. The first kappa shape index (κ1) is 23.3. The van der Waals surface area contributed by atoms with Gasteiger partial charge in [0.25, 0.3) is 5.56 Å². The number of carbonyl (C=O) groups excluding carboxylic acids is 1. The van der Waals surface area contributed by atoms with Crippen LogP contribution in [0.5, 0.6) is 5.75 Å². The van der Waals surface area contributed by atoms with Crippen LogP contribution in [0.1, 0.15) is 31.2 Å². The molecule has 9 heteroatoms. The molecule has 7 nitrogen and oxygen atoms in total. The summed E-state index contributed by atoms with van der Waals surface area (Å²) in [5.41, 5.74) is 1.23. The molecular formula is C26H21BrN2O5S. The van der Waals surface area contributed by atoms with Gasteiger partial charge >= 0.3 is 5.97 Å². The molecule has 1 atom stereocenters. The number of aromatic nitrogens is 1. The van der Waals surface area contributed by atoms with Crippen LogP contribution in [0.15, 0.2) is 78.7 Å². The number of carbonyl (C=O) groups is 1. The molecule has 0 amide bonds. The number of rotatable bonds is 5. The Morgan fingerprint density at radius 1 is 1.23 bits per heavy atom. The van der Waals surface area contributed by atoms with Crippen LogP contribution in [0.4, 0.5) is 0 Å². The number of esters is 1. The second kappa shape index (κ2) is 9.31. The van der Waals surface area contributed by atoms with Crippen molar-refractivity contribution in [2.75, 3.05) is 13.7 Å². The smallest absolute Gasteiger partial charge is 0.338 e. The van der Waals surface area contributed by atoms with Gasteiger partial charge in [0, 0.05) is 11.6 Å². The summed E-state index contributed by atoms with van der Waals surface area (Å²) < 4.78 is 19.3. The molecule has 0 saturated heterocycles. The van der Waals surface area contributed by atoms with Crippen LogP contribution >= 0.6 is 27.3 Å². The van der Waals surface area contributed by atoms with E-state index in [1.165, 1.54) is 11.3 Å². The number of nitrogens with zero attached hydrogens (tertiary/aromatic N) is 2. The van der Waals surface area contributed by atoms with E-state index in [2.05, 4.69) is 20.9 Å². The van der Waals surface area contributed by atoms with E-state index in [0.29, 0.717) is 42.3 Å². The maximum Gasteiger partial charge on any atom is 0.338 e. The second-order valence-electron chi connectivity index (χ2n) is 7.85. The zero-order chi connectivity index (χ0) is 24.7. The van der Waals surface area contributed by atoms with E-state index in [-0.39, 0.29) is 12.2 Å². The van der Waals surface area contributed by atoms with Crippen LogP contribution < -0.4 is 19.6 Å². The third-order valence-electron chi connectivity index (χ3n) is 5.81. The van der Waals surface area contributed by atoms with Crippen molar-refractivity contribution in [3.63, 3.8) is 0 Å². The molecule has 2 aromatic carbocycles. The van der Waals surface area contributed by atoms with Gasteiger partial charge in [-0.25, -0.2) is 9.79 Å². The van der Waals surface area contributed by atoms with Gasteiger partial charge < -0.3 is 13.9 Å². The predicted octanol–water partition coefficient (Wildman–Crippen LogP) is 4.32. The van der Waals surface area contributed by atoms with E-state index < -0.39 is 12.0 Å². The Hall–Kier alpha value is -3.43. The molecule has 1 aliphatic rings. The topological polar surface area (TPSA) is 83.0 Å². The molecule has 0 N–H and O–H groups in total. The van der Waals surface area contributed by atoms with Crippen molar-refractivity contribution in [3.05, 3.63) is 95.5 Å². The zero-order valence-electron chi connectivity index (χ0n) is 19.2. The fourth-order valence-electron chi connectivity index (χ4n) is 4.34. The number of ether oxygens (including phenoxy) is 2. The summed E-state index contributed by atoms with van der Waals surface area (Å²) in [6.07, 6.45) is 1.68. The normalized spacial score (nSPS) is 15.8. The Labute approximate surface area is 212 Å². The van der Waals surface area contributed by atoms with Gasteiger partial charge in [-0.15, -0.1) is 0 Å². The van der Waals surface area contributed by atoms with E-state index in [9.17, 15) is 9.59 Å². The lowest BCUT2D eigenvalue weighted by Crippen LogP contribution is -2.40. The summed E-state index contributed by atoms with van der Waals surface area (Å²) >= 11 is 4.53. The summed E-state index contributed by atoms with van der Waals surface area (Å²) in [5, 5.41) is 1.83. The van der Waals surface area contributed by atoms with E-state index >= 15 is 0 Å². The van der Waals surface area contributed by atoms with Crippen LogP contribution in [0.2, 0.25) is 0 Å². The Bertz CT molecular complexity index is 1680. The van der Waals surface area contributed by atoms with Crippen LogP contribution in [0.3, 0.4) is 0 Å². The zero-order valence-corrected chi connectivity index (χ0v) is 21.6. The first-order chi connectivity index (χ1) is 16.9. The minimum atomic E-state index is -0.781. The monoisotopic (exact) mass is 552 g/mol. The average molecular weight is 553 g/mol. The fraction of sp³-hybridized carbons (Fsp3) is 0.192. The first-order valence-corrected chi connectivity index (χ1v) is 12.5. The number of methoxy groups -OCH3 is 1. The van der Waals surface area contributed by atoms with Crippen molar-refractivity contribution in [1.82, 2.24) is 4.57 Å². The van der Waals surface area contributed by atoms with Crippen LogP contribution in [0.25, 0.3) is 16.8 Å². The molecule has 0 fully saturated rings. The standard InChI is InChI=1S/C26H21BrN2O5S/c1-4-33-25(31)21-14(2)28-26-29(24(30)19(35-26)13-16-10-12-20(27)34-16)23(21)22-17-8-6-5-7-15(17)9-11-18(22)32-3/h5-13,23H,4H2,1-3H3/b19-13-. The number of benzene rings is 2. The van der Waals surface area contributed by atoms with Crippen molar-refractivity contribution < 1.29 is 18.7 Å². The number of allylic oxidation sites excluding steroid dienone is 1. The lowest BCUT2D eigenvalue weighted by Gasteiger charge is -2.27. The minimum absolute atomic E-state index is 0.201. The summed E-state index contributed by atoms with van der Waals surface area (Å²) in [6, 6.07) is 14.4. The van der Waals surface area contributed by atoms with Gasteiger partial charge in [0.15, 0.2) is 9.47 Å². The lowest BCUT2D eigenvalue weighted by molar-refractivity contribution is -0.139. The van der Waals surface area contributed by atoms with Gasteiger partial charge in [-0.3, -0.25) is 9.36 Å². The number of furan rings is 1. The largest absolute Gasteiger partial charge is 0.496 e. The average Bonchev–Trinajstić information content (AvgIpc) is 3.39. The SMILES string of the molecule is CCOC(=O)C1=C(C)N=c2s/c(=C\c3ccc(Br)o3)c(=O)n2C1c1c(OC)ccc2ccccc12. The molecule has 2 aromatic heterocycles. The van der Waals surface area contributed by atoms with Crippen molar-refractivity contribution in [2.45, 2.75) is 19.9 Å². The van der Waals surface area contributed by atoms with Gasteiger partial charge in [-0.1, -0.05) is 41.7 Å². The molecule has 5 rings (SSSR count). The number of hydrogen-bond acceptors (Lipinski definition) is 7. The van der Waals surface area contributed by atoms with Crippen LogP contribution in [-0.2, 0) is 9.53 Å². The van der Waals surface area contributed by atoms with Crippen molar-refractivity contribution in [3.8, 4) is 5.75 Å². The van der Waals surface area contributed by atoms with E-state index in [1.807, 2.05) is 36.4 Å². The minimum Gasteiger partial charge on any atom is -0.496 e. The van der Waals surface area contributed by atoms with Crippen LogP contribution in [0, 0.1) is 0 Å². The highest BCUT2D eigenvalue weighted by Gasteiger charge is 2.36. The van der Waals surface area contributed by atoms with Gasteiger partial charge in [0.2, 0.25) is 0 Å². The van der Waals surface area contributed by atoms with Gasteiger partial charge in [-0.05, 0) is 58.7 Å². The molecule has 0 aliphatic carbocycles. The molecule has 178 valence electrons. The summed E-state index contributed by atoms with van der Waals surface area (Å²) in [5.74, 6) is 0.579. The highest BCUT2D eigenvalue weighted by atomic mass is 79.9. The number of halogens is 1. The third kappa shape index (κ3) is 4.04. The second-order valence-corrected chi connectivity index (χ2v) is 9.64. The van der Waals surface area contributed by atoms with Crippen molar-refractivity contribution in [2.24, 2.45) is 4.99 Å². The molecule has 0 saturated carbocycles. The molecule has 4 aromatic rings. The van der Waals surface area contributed by atoms with Crippen molar-refractivity contribution >= 4 is 50.1 Å². The molecule has 1 unspecified atom stereocenters. The van der Waals surface area contributed by atoms with Crippen molar-refractivity contribution in [1.29, 1.82) is 0 Å². The number of thiazole rings is 1. The van der Waals surface area contributed by atoms with E-state index in [1.54, 1.807) is 43.7 Å². The molecule has 0 radical (unpaired) electrons. The Morgan fingerprint density at radius 2 is 2.03 bits per heavy atom. The summed E-state index contributed by atoms with van der Waals surface area (Å²) in [6.45, 7) is 3.71. The Morgan fingerprint density at radius 3 is 2.74 bits per heavy atom. The Kier molecular flexibility index (Phi) is 6.21. The number of fused-ring (bicyclic) bond motifs is 2. The maximum atomic E-state index is 13.8. The van der Waals surface area contributed by atoms with Crippen LogP contribution in [-0.4, -0.2) is 24.3 Å². The highest BCUT2D eigenvalue weighted by molar-refractivity contribution is 9.10. The number of hydrogen-bond donors (Lipinski definition) is 0. The van der Waals surface area contributed by atoms with Gasteiger partial charge in [0.1, 0.15) is 17.6 Å². The molecule has 0 spiro atoms. The predicted molar refractivity (Wildman–Crippen MR) is 137 cm³/mol. The van der Waals surface area contributed by atoms with E-state index in [0.717, 1.165) is 10.8 Å². The summed E-state index contributed by atoms with van der Waals surface area (Å²) in [7, 11) is 1.58. The fourth-order valence-corrected chi connectivity index (χ4v) is 5.68. The molecule has 35 heavy (non-hydrogen) atoms. The quantitative estimate of drug-likeness (QED) is 0.344.